The van der Waals surface area contributed by atoms with Gasteiger partial charge in [0.2, 0.25) is 5.91 Å². The summed E-state index contributed by atoms with van der Waals surface area (Å²) in [5, 5.41) is 5.72. The number of aromatic nitrogens is 1. The van der Waals surface area contributed by atoms with E-state index in [4.69, 9.17) is 9.47 Å². The number of β-lactam (4-membered cyclic amide) rings is 1. The highest BCUT2D eigenvalue weighted by Gasteiger charge is 2.55. The third-order valence-corrected chi connectivity index (χ3v) is 12.1. The van der Waals surface area contributed by atoms with Gasteiger partial charge in [-0.3, -0.25) is 34.0 Å². The number of esters is 1. The molecule has 4 aromatic rings. The predicted octanol–water partition coefficient (Wildman–Crippen LogP) is 3.87. The van der Waals surface area contributed by atoms with Crippen LogP contribution in [0.15, 0.2) is 107 Å². The Morgan fingerprint density at radius 2 is 1.71 bits per heavy atom. The van der Waals surface area contributed by atoms with E-state index in [0.29, 0.717) is 34.9 Å². The first-order valence-electron chi connectivity index (χ1n) is 17.9. The number of amides is 6. The molecule has 2 fully saturated rings. The van der Waals surface area contributed by atoms with Gasteiger partial charge < -0.3 is 25.0 Å². The molecule has 3 aliphatic rings. The first-order chi connectivity index (χ1) is 27.2. The zero-order valence-corrected chi connectivity index (χ0v) is 32.1. The first-order valence-corrected chi connectivity index (χ1v) is 19.9. The Hall–Kier alpha value is -5.87. The number of nitrogens with zero attached hydrogens (tertiary/aromatic N) is 4. The van der Waals surface area contributed by atoms with Gasteiger partial charge in [0, 0.05) is 47.6 Å². The maximum absolute atomic E-state index is 14.0. The molecule has 0 bridgehead atoms. The number of carbonyl (C=O) groups is 6. The van der Waals surface area contributed by atoms with Gasteiger partial charge in [0.25, 0.3) is 5.91 Å². The van der Waals surface area contributed by atoms with Gasteiger partial charge in [0.05, 0.1) is 12.6 Å². The molecule has 3 atom stereocenters. The van der Waals surface area contributed by atoms with E-state index in [9.17, 15) is 28.8 Å². The minimum absolute atomic E-state index is 0.0382. The van der Waals surface area contributed by atoms with Crippen molar-refractivity contribution in [1.82, 2.24) is 30.3 Å². The zero-order valence-electron chi connectivity index (χ0n) is 30.5. The van der Waals surface area contributed by atoms with Crippen LogP contribution in [-0.2, 0) is 35.3 Å². The number of thioether (sulfide) groups is 2. The number of hydrogen-bond acceptors (Lipinski definition) is 11. The normalized spacial score (nSPS) is 18.6. The SMILES string of the molecule is CCN1CCN(C(=O)N[C@@H](C(=O)N[C@@H]2C(=O)N3C(C(=O)OCc4ccc(OC)cc4)=C(CSc4cccc5cccnc45)CS[C@H]23)c2ccccc2)C(=O)C1=O. The van der Waals surface area contributed by atoms with E-state index in [0.717, 1.165) is 26.3 Å². The number of urea groups is 1. The number of hydrogen-bond donors (Lipinski definition) is 2. The van der Waals surface area contributed by atoms with Gasteiger partial charge in [-0.05, 0) is 47.9 Å². The summed E-state index contributed by atoms with van der Waals surface area (Å²) in [4.78, 5) is 89.5. The minimum atomic E-state index is -1.31. The average Bonchev–Trinajstić information content (AvgIpc) is 3.23. The number of methoxy groups -OCH3 is 1. The summed E-state index contributed by atoms with van der Waals surface area (Å²) in [5.74, 6) is -2.28. The van der Waals surface area contributed by atoms with Crippen molar-refractivity contribution in [3.63, 3.8) is 0 Å². The number of para-hydroxylation sites is 1. The fraction of sp³-hybridized carbons (Fsp3) is 0.275. The van der Waals surface area contributed by atoms with Gasteiger partial charge in [-0.1, -0.05) is 60.7 Å². The molecule has 0 aliphatic carbocycles. The van der Waals surface area contributed by atoms with E-state index in [1.165, 1.54) is 33.3 Å². The van der Waals surface area contributed by atoms with Crippen molar-refractivity contribution in [1.29, 1.82) is 0 Å². The smallest absolute Gasteiger partial charge is 0.355 e. The summed E-state index contributed by atoms with van der Waals surface area (Å²) >= 11 is 2.90. The molecule has 3 aliphatic heterocycles. The molecule has 6 amide bonds. The largest absolute Gasteiger partial charge is 0.497 e. The van der Waals surface area contributed by atoms with Crippen molar-refractivity contribution < 1.29 is 38.2 Å². The summed E-state index contributed by atoms with van der Waals surface area (Å²) in [6, 6.07) is 21.9. The van der Waals surface area contributed by atoms with Gasteiger partial charge in [-0.2, -0.15) is 0 Å². The lowest BCUT2D eigenvalue weighted by atomic mass is 10.0. The Balaban J connectivity index is 1.10. The van der Waals surface area contributed by atoms with Crippen LogP contribution in [0, 0.1) is 0 Å². The fourth-order valence-corrected chi connectivity index (χ4v) is 9.16. The molecule has 0 radical (unpaired) electrons. The molecule has 7 rings (SSSR count). The van der Waals surface area contributed by atoms with Crippen molar-refractivity contribution >= 4 is 70.1 Å². The van der Waals surface area contributed by atoms with Crippen LogP contribution in [0.5, 0.6) is 5.75 Å². The van der Waals surface area contributed by atoms with Crippen LogP contribution >= 0.6 is 23.5 Å². The maximum Gasteiger partial charge on any atom is 0.355 e. The summed E-state index contributed by atoms with van der Waals surface area (Å²) < 4.78 is 11.0. The van der Waals surface area contributed by atoms with E-state index >= 15 is 0 Å². The van der Waals surface area contributed by atoms with Crippen LogP contribution in [0.4, 0.5) is 4.79 Å². The highest BCUT2D eigenvalue weighted by Crippen LogP contribution is 2.42. The Morgan fingerprint density at radius 3 is 2.46 bits per heavy atom. The molecule has 4 heterocycles. The first kappa shape index (κ1) is 38.4. The molecule has 2 N–H and O–H groups in total. The summed E-state index contributed by atoms with van der Waals surface area (Å²) in [5.41, 5.74) is 2.77. The molecule has 16 heteroatoms. The van der Waals surface area contributed by atoms with Crippen LogP contribution in [-0.4, -0.2) is 105 Å². The molecule has 288 valence electrons. The van der Waals surface area contributed by atoms with Crippen LogP contribution in [0.25, 0.3) is 10.9 Å². The maximum atomic E-state index is 14.0. The Morgan fingerprint density at radius 1 is 0.946 bits per heavy atom. The molecule has 56 heavy (non-hydrogen) atoms. The van der Waals surface area contributed by atoms with Gasteiger partial charge in [-0.15, -0.1) is 23.5 Å². The lowest BCUT2D eigenvalue weighted by molar-refractivity contribution is -0.154. The van der Waals surface area contributed by atoms with E-state index in [1.807, 2.05) is 30.3 Å². The van der Waals surface area contributed by atoms with Crippen LogP contribution in [0.2, 0.25) is 0 Å². The van der Waals surface area contributed by atoms with Crippen molar-refractivity contribution in [2.45, 2.75) is 35.9 Å². The summed E-state index contributed by atoms with van der Waals surface area (Å²) in [7, 11) is 1.56. The molecule has 14 nitrogen and oxygen atoms in total. The van der Waals surface area contributed by atoms with Crippen molar-refractivity contribution in [2.75, 3.05) is 38.2 Å². The number of carbonyl (C=O) groups excluding carboxylic acids is 6. The summed E-state index contributed by atoms with van der Waals surface area (Å²) in [6.45, 7) is 2.14. The van der Waals surface area contributed by atoms with Crippen LogP contribution in [0.3, 0.4) is 0 Å². The quantitative estimate of drug-likeness (QED) is 0.0925. The highest BCUT2D eigenvalue weighted by atomic mass is 32.2. The van der Waals surface area contributed by atoms with Gasteiger partial charge >= 0.3 is 23.8 Å². The topological polar surface area (TPSA) is 168 Å². The van der Waals surface area contributed by atoms with Crippen molar-refractivity contribution in [3.05, 3.63) is 114 Å². The lowest BCUT2D eigenvalue weighted by Crippen LogP contribution is -2.71. The minimum Gasteiger partial charge on any atom is -0.497 e. The standard InChI is InChI=1S/C40H38N6O8S2/c1-3-44-19-20-45(37(50)36(44)49)40(52)43-31(26-9-5-4-6-10-26)34(47)42-32-35(48)46-33(39(51)54-21-24-14-16-28(53-2)17-15-24)27(23-56-38(32)46)22-55-29-13-7-11-25-12-8-18-41-30(25)29/h4-18,31-32,38H,3,19-23H2,1-2H3,(H,42,47)(H,43,52)/t31-,32-,38-/m1/s1. The molecular formula is C40H38N6O8S2. The molecule has 0 saturated carbocycles. The highest BCUT2D eigenvalue weighted by molar-refractivity contribution is 8.01. The second kappa shape index (κ2) is 16.9. The van der Waals surface area contributed by atoms with E-state index in [2.05, 4.69) is 15.6 Å². The number of likely N-dealkylation sites (N-methyl/N-ethyl adjacent to an activating group) is 1. The number of rotatable bonds is 12. The molecule has 0 spiro atoms. The molecule has 1 aromatic heterocycles. The lowest BCUT2D eigenvalue weighted by Gasteiger charge is -2.50. The Kier molecular flexibility index (Phi) is 11.6. The van der Waals surface area contributed by atoms with E-state index in [1.54, 1.807) is 74.8 Å². The molecule has 0 unspecified atom stereocenters. The number of piperazine rings is 1. The van der Waals surface area contributed by atoms with Gasteiger partial charge in [0.1, 0.15) is 35.5 Å². The number of nitrogens with one attached hydrogen (secondary N) is 2. The zero-order chi connectivity index (χ0) is 39.3. The van der Waals surface area contributed by atoms with E-state index < -0.39 is 53.1 Å². The fourth-order valence-electron chi connectivity index (χ4n) is 6.63. The molecule has 2 saturated heterocycles. The predicted molar refractivity (Wildman–Crippen MR) is 209 cm³/mol. The second-order valence-electron chi connectivity index (χ2n) is 13.0. The Bertz CT molecular complexity index is 2210. The molecule has 3 aromatic carbocycles. The number of fused-ring (bicyclic) bond motifs is 2. The third-order valence-electron chi connectivity index (χ3n) is 9.66. The number of ether oxygens (including phenoxy) is 2. The second-order valence-corrected chi connectivity index (χ2v) is 15.1. The van der Waals surface area contributed by atoms with Crippen molar-refractivity contribution in [3.8, 4) is 5.75 Å². The monoisotopic (exact) mass is 794 g/mol. The molecular weight excluding hydrogens is 757 g/mol. The van der Waals surface area contributed by atoms with Crippen LogP contribution < -0.4 is 15.4 Å². The van der Waals surface area contributed by atoms with E-state index in [-0.39, 0.29) is 25.4 Å². The van der Waals surface area contributed by atoms with Crippen LogP contribution in [0.1, 0.15) is 24.1 Å². The Labute approximate surface area is 330 Å². The number of benzene rings is 3. The summed E-state index contributed by atoms with van der Waals surface area (Å²) in [6.07, 6.45) is 1.73. The van der Waals surface area contributed by atoms with Gasteiger partial charge in [0.15, 0.2) is 0 Å². The average molecular weight is 795 g/mol. The van der Waals surface area contributed by atoms with Crippen molar-refractivity contribution in [2.24, 2.45) is 0 Å². The number of imide groups is 1. The van der Waals surface area contributed by atoms with Gasteiger partial charge in [-0.25, -0.2) is 9.59 Å². The third kappa shape index (κ3) is 7.79. The number of pyridine rings is 1.